The molecule has 0 fully saturated rings. The summed E-state index contributed by atoms with van der Waals surface area (Å²) in [5.74, 6) is -2.35. The van der Waals surface area contributed by atoms with Gasteiger partial charge in [0, 0.05) is 47.8 Å². The molecule has 32 heavy (non-hydrogen) atoms. The summed E-state index contributed by atoms with van der Waals surface area (Å²) in [7, 11) is -5.30. The van der Waals surface area contributed by atoms with Crippen molar-refractivity contribution in [1.29, 1.82) is 0 Å². The van der Waals surface area contributed by atoms with Gasteiger partial charge in [-0.3, -0.25) is 18.6 Å². The number of carbonyl (C=O) groups excluding carboxylic acids is 3. The van der Waals surface area contributed by atoms with Gasteiger partial charge in [0.1, 0.15) is 0 Å². The number of nitrogens with zero attached hydrogens (tertiary/aromatic N) is 2. The number of hydrogen-bond donors (Lipinski definition) is 1. The Balaban J connectivity index is 6.72. The van der Waals surface area contributed by atoms with Crippen LogP contribution in [0, 0.1) is 11.8 Å². The molecule has 0 aromatic rings. The molecule has 0 saturated carbocycles. The average molecular weight is 514 g/mol. The summed E-state index contributed by atoms with van der Waals surface area (Å²) < 4.78 is 37.8. The van der Waals surface area contributed by atoms with E-state index in [2.05, 4.69) is 5.43 Å². The highest BCUT2D eigenvalue weighted by atomic mass is 32.2. The van der Waals surface area contributed by atoms with Crippen molar-refractivity contribution < 1.29 is 27.0 Å². The molecule has 1 N–H and O–H groups in total. The van der Waals surface area contributed by atoms with Crippen LogP contribution in [-0.2, 0) is 35.0 Å². The van der Waals surface area contributed by atoms with E-state index in [1.165, 1.54) is 6.26 Å². The van der Waals surface area contributed by atoms with E-state index in [0.29, 0.717) is 12.8 Å². The van der Waals surface area contributed by atoms with Crippen LogP contribution < -0.4 is 5.43 Å². The van der Waals surface area contributed by atoms with Crippen LogP contribution in [0.25, 0.3) is 0 Å². The molecule has 0 radical (unpaired) electrons. The first kappa shape index (κ1) is 30.9. The van der Waals surface area contributed by atoms with Crippen molar-refractivity contribution in [2.45, 2.75) is 70.9 Å². The molecular weight excluding hydrogens is 474 g/mol. The van der Waals surface area contributed by atoms with Crippen molar-refractivity contribution in [2.75, 3.05) is 24.5 Å². The van der Waals surface area contributed by atoms with E-state index < -0.39 is 54.9 Å². The summed E-state index contributed by atoms with van der Waals surface area (Å²) in [4.78, 5) is 39.0. The maximum absolute atomic E-state index is 13.3. The van der Waals surface area contributed by atoms with Gasteiger partial charge in [-0.25, -0.2) is 18.9 Å². The van der Waals surface area contributed by atoms with E-state index in [-0.39, 0.29) is 24.5 Å². The van der Waals surface area contributed by atoms with Crippen LogP contribution in [0.15, 0.2) is 0 Å². The number of hydrogen-bond acceptors (Lipinski definition) is 7. The molecular formula is C20H39N3O6S3. The van der Waals surface area contributed by atoms with Crippen LogP contribution in [0.1, 0.15) is 60.3 Å². The molecule has 0 aromatic carbocycles. The maximum Gasteiger partial charge on any atom is 0.263 e. The standard InChI is InChI=1S/C20H39N3O6S3/c1-9-10-11-18(25)22(20(32(8,28)29)16(30-6)13-31(7)27)23(19(26)15(4)5)21-17(24)12-14(2)3/h14-16,20H,9-13H2,1-8H3,(H,21,24). The van der Waals surface area contributed by atoms with Crippen molar-refractivity contribution in [1.82, 2.24) is 15.6 Å². The fourth-order valence-electron chi connectivity index (χ4n) is 2.92. The zero-order chi connectivity index (χ0) is 25.2. The highest BCUT2D eigenvalue weighted by Gasteiger charge is 2.44. The second kappa shape index (κ2) is 14.2. The van der Waals surface area contributed by atoms with Gasteiger partial charge >= 0.3 is 0 Å². The SMILES string of the molecule is CCCCC(=O)N(C(C(CS(C)=O)SC)S(C)(=O)=O)N(NC(=O)CC(C)C)C(=O)C(C)C. The predicted molar refractivity (Wildman–Crippen MR) is 131 cm³/mol. The lowest BCUT2D eigenvalue weighted by molar-refractivity contribution is -0.179. The lowest BCUT2D eigenvalue weighted by Gasteiger charge is -2.42. The lowest BCUT2D eigenvalue weighted by atomic mass is 10.1. The van der Waals surface area contributed by atoms with E-state index in [1.54, 1.807) is 20.1 Å². The fourth-order valence-corrected chi connectivity index (χ4v) is 7.31. The smallest absolute Gasteiger partial charge is 0.263 e. The maximum atomic E-state index is 13.3. The molecule has 0 spiro atoms. The van der Waals surface area contributed by atoms with Crippen LogP contribution in [0.3, 0.4) is 0 Å². The first-order valence-corrected chi connectivity index (χ1v) is 15.6. The molecule has 0 saturated heterocycles. The van der Waals surface area contributed by atoms with Gasteiger partial charge in [-0.05, 0) is 18.6 Å². The molecule has 3 atom stereocenters. The Morgan fingerprint density at radius 2 is 1.69 bits per heavy atom. The molecule has 0 aliphatic rings. The van der Waals surface area contributed by atoms with Crippen LogP contribution in [-0.4, -0.2) is 75.6 Å². The Bertz CT molecular complexity index is 771. The van der Waals surface area contributed by atoms with Crippen LogP contribution >= 0.6 is 11.8 Å². The fraction of sp³-hybridized carbons (Fsp3) is 0.850. The Hall–Kier alpha value is -1.14. The second-order valence-corrected chi connectivity index (χ2v) is 13.2. The van der Waals surface area contributed by atoms with Crippen LogP contribution in [0.5, 0.6) is 0 Å². The van der Waals surface area contributed by atoms with Crippen molar-refractivity contribution in [3.05, 3.63) is 0 Å². The van der Waals surface area contributed by atoms with Crippen molar-refractivity contribution >= 4 is 50.1 Å². The Labute approximate surface area is 199 Å². The normalized spacial score (nSPS) is 14.7. The number of sulfone groups is 1. The van der Waals surface area contributed by atoms with Crippen LogP contribution in [0.2, 0.25) is 0 Å². The monoisotopic (exact) mass is 513 g/mol. The Morgan fingerprint density at radius 3 is 2.06 bits per heavy atom. The van der Waals surface area contributed by atoms with Gasteiger partial charge in [-0.2, -0.15) is 16.9 Å². The third-order valence-corrected chi connectivity index (χ3v) is 8.09. The molecule has 3 amide bonds. The minimum atomic E-state index is -3.95. The van der Waals surface area contributed by atoms with Crippen molar-refractivity contribution in [3.8, 4) is 0 Å². The van der Waals surface area contributed by atoms with Gasteiger partial charge in [0.15, 0.2) is 15.2 Å². The third kappa shape index (κ3) is 10.2. The highest BCUT2D eigenvalue weighted by Crippen LogP contribution is 2.25. The molecule has 0 aliphatic carbocycles. The zero-order valence-corrected chi connectivity index (χ0v) is 22.9. The first-order chi connectivity index (χ1) is 14.7. The third-order valence-electron chi connectivity index (χ3n) is 4.44. The van der Waals surface area contributed by atoms with Crippen molar-refractivity contribution in [2.24, 2.45) is 11.8 Å². The molecule has 0 rings (SSSR count). The molecule has 0 bridgehead atoms. The number of amides is 3. The first-order valence-electron chi connectivity index (χ1n) is 10.6. The Kier molecular flexibility index (Phi) is 13.7. The molecule has 188 valence electrons. The quantitative estimate of drug-likeness (QED) is 0.396. The molecule has 0 aromatic heterocycles. The molecule has 9 nitrogen and oxygen atoms in total. The number of carbonyl (C=O) groups is 3. The molecule has 3 unspecified atom stereocenters. The van der Waals surface area contributed by atoms with E-state index in [0.717, 1.165) is 28.1 Å². The highest BCUT2D eigenvalue weighted by molar-refractivity contribution is 8.01. The average Bonchev–Trinajstić information content (AvgIpc) is 2.64. The van der Waals surface area contributed by atoms with E-state index in [9.17, 15) is 27.0 Å². The molecule has 12 heteroatoms. The predicted octanol–water partition coefficient (Wildman–Crippen LogP) is 1.96. The minimum Gasteiger partial charge on any atom is -0.273 e. The van der Waals surface area contributed by atoms with Crippen molar-refractivity contribution in [3.63, 3.8) is 0 Å². The van der Waals surface area contributed by atoms with Gasteiger partial charge in [0.05, 0.1) is 5.25 Å². The van der Waals surface area contributed by atoms with E-state index in [1.807, 2.05) is 20.8 Å². The topological polar surface area (TPSA) is 121 Å². The number of nitrogens with one attached hydrogen (secondary N) is 1. The summed E-state index contributed by atoms with van der Waals surface area (Å²) in [6.07, 6.45) is 5.36. The number of thioether (sulfide) groups is 1. The minimum absolute atomic E-state index is 0.000110. The van der Waals surface area contributed by atoms with Crippen LogP contribution in [0.4, 0.5) is 0 Å². The van der Waals surface area contributed by atoms with Gasteiger partial charge < -0.3 is 0 Å². The molecule has 0 aliphatic heterocycles. The zero-order valence-electron chi connectivity index (χ0n) is 20.4. The Morgan fingerprint density at radius 1 is 1.12 bits per heavy atom. The number of hydrazine groups is 2. The number of rotatable bonds is 12. The second-order valence-electron chi connectivity index (χ2n) is 8.51. The van der Waals surface area contributed by atoms with E-state index >= 15 is 0 Å². The summed E-state index contributed by atoms with van der Waals surface area (Å²) in [6.45, 7) is 8.75. The largest absolute Gasteiger partial charge is 0.273 e. The summed E-state index contributed by atoms with van der Waals surface area (Å²) in [6, 6.07) is 0. The van der Waals surface area contributed by atoms with E-state index in [4.69, 9.17) is 0 Å². The van der Waals surface area contributed by atoms with Gasteiger partial charge in [0.25, 0.3) is 5.91 Å². The van der Waals surface area contributed by atoms with Gasteiger partial charge in [-0.1, -0.05) is 41.0 Å². The summed E-state index contributed by atoms with van der Waals surface area (Å²) in [5, 5.41) is -0.598. The molecule has 0 heterocycles. The number of unbranched alkanes of at least 4 members (excludes halogenated alkanes) is 1. The van der Waals surface area contributed by atoms with Gasteiger partial charge in [-0.15, -0.1) is 0 Å². The summed E-state index contributed by atoms with van der Waals surface area (Å²) >= 11 is 1.15. The summed E-state index contributed by atoms with van der Waals surface area (Å²) in [5.41, 5.74) is 2.47. The van der Waals surface area contributed by atoms with Gasteiger partial charge in [0.2, 0.25) is 11.8 Å². The lowest BCUT2D eigenvalue weighted by Crippen LogP contribution is -2.66.